The number of rotatable bonds is 4. The average molecular weight is 247 g/mol. The first kappa shape index (κ1) is 13.8. The van der Waals surface area contributed by atoms with Gasteiger partial charge in [0.1, 0.15) is 0 Å². The van der Waals surface area contributed by atoms with Gasteiger partial charge in [-0.25, -0.2) is 0 Å². The molecular weight excluding hydrogens is 231 g/mol. The average Bonchev–Trinajstić information content (AvgIpc) is 2.15. The third-order valence-electron chi connectivity index (χ3n) is 2.28. The second-order valence-corrected chi connectivity index (χ2v) is 4.56. The number of anilines is 1. The van der Waals surface area contributed by atoms with E-state index in [1.807, 2.05) is 0 Å². The van der Waals surface area contributed by atoms with Crippen molar-refractivity contribution in [3.8, 4) is 0 Å². The van der Waals surface area contributed by atoms with Crippen molar-refractivity contribution in [1.82, 2.24) is 0 Å². The van der Waals surface area contributed by atoms with E-state index in [-0.39, 0.29) is 0 Å². The van der Waals surface area contributed by atoms with Crippen LogP contribution in [0.2, 0.25) is 0 Å². The Morgan fingerprint density at radius 2 is 1.65 bits per heavy atom. The summed E-state index contributed by atoms with van der Waals surface area (Å²) in [6, 6.07) is 4.83. The summed E-state index contributed by atoms with van der Waals surface area (Å²) in [5, 5.41) is 12.4. The second kappa shape index (κ2) is 4.96. The van der Waals surface area contributed by atoms with Gasteiger partial charge in [0.05, 0.1) is 11.2 Å². The molecule has 2 N–H and O–H groups in total. The van der Waals surface area contributed by atoms with Gasteiger partial charge in [0.15, 0.2) is 0 Å². The van der Waals surface area contributed by atoms with Crippen molar-refractivity contribution in [2.24, 2.45) is 0 Å². The van der Waals surface area contributed by atoms with E-state index >= 15 is 0 Å². The number of hydrogen-bond donors (Lipinski definition) is 2. The predicted octanol–water partition coefficient (Wildman–Crippen LogP) is 3.28. The molecule has 0 saturated heterocycles. The Hall–Kier alpha value is -1.23. The summed E-state index contributed by atoms with van der Waals surface area (Å²) in [7, 11) is 0. The largest absolute Gasteiger partial charge is 0.416 e. The van der Waals surface area contributed by atoms with Crippen LogP contribution in [0, 0.1) is 0 Å². The molecule has 1 rings (SSSR count). The smallest absolute Gasteiger partial charge is 0.390 e. The van der Waals surface area contributed by atoms with E-state index in [4.69, 9.17) is 0 Å². The molecule has 2 nitrogen and oxygen atoms in total. The molecule has 0 amide bonds. The van der Waals surface area contributed by atoms with Gasteiger partial charge >= 0.3 is 6.18 Å². The van der Waals surface area contributed by atoms with Crippen LogP contribution < -0.4 is 5.32 Å². The van der Waals surface area contributed by atoms with Crippen LogP contribution in [0.1, 0.15) is 25.8 Å². The maximum absolute atomic E-state index is 12.3. The molecule has 0 bridgehead atoms. The number of aliphatic hydroxyl groups is 1. The zero-order valence-electron chi connectivity index (χ0n) is 9.80. The number of hydrogen-bond acceptors (Lipinski definition) is 2. The third kappa shape index (κ3) is 5.08. The van der Waals surface area contributed by atoms with E-state index in [2.05, 4.69) is 5.32 Å². The minimum absolute atomic E-state index is 0.509. The lowest BCUT2D eigenvalue weighted by molar-refractivity contribution is -0.137. The van der Waals surface area contributed by atoms with E-state index in [9.17, 15) is 18.3 Å². The summed E-state index contributed by atoms with van der Waals surface area (Å²) < 4.78 is 36.8. The lowest BCUT2D eigenvalue weighted by Crippen LogP contribution is -2.22. The summed E-state index contributed by atoms with van der Waals surface area (Å²) in [5.74, 6) is 0. The molecule has 0 atom stereocenters. The highest BCUT2D eigenvalue weighted by molar-refractivity contribution is 5.45. The Morgan fingerprint density at radius 1 is 1.12 bits per heavy atom. The van der Waals surface area contributed by atoms with Crippen molar-refractivity contribution in [3.05, 3.63) is 29.8 Å². The van der Waals surface area contributed by atoms with Crippen LogP contribution in [-0.4, -0.2) is 17.3 Å². The Labute approximate surface area is 98.5 Å². The molecular formula is C12H16F3NO. The van der Waals surface area contributed by atoms with Gasteiger partial charge in [0.25, 0.3) is 0 Å². The molecule has 5 heteroatoms. The maximum atomic E-state index is 12.3. The van der Waals surface area contributed by atoms with Crippen molar-refractivity contribution >= 4 is 5.69 Å². The highest BCUT2D eigenvalue weighted by atomic mass is 19.4. The van der Waals surface area contributed by atoms with Gasteiger partial charge in [-0.1, -0.05) is 0 Å². The molecule has 1 aromatic rings. The summed E-state index contributed by atoms with van der Waals surface area (Å²) in [6.07, 6.45) is -3.78. The maximum Gasteiger partial charge on any atom is 0.416 e. The van der Waals surface area contributed by atoms with Crippen molar-refractivity contribution in [2.45, 2.75) is 32.0 Å². The molecule has 1 aromatic carbocycles. The van der Waals surface area contributed by atoms with Crippen LogP contribution >= 0.6 is 0 Å². The van der Waals surface area contributed by atoms with Crippen molar-refractivity contribution < 1.29 is 18.3 Å². The van der Waals surface area contributed by atoms with Crippen LogP contribution in [-0.2, 0) is 6.18 Å². The van der Waals surface area contributed by atoms with E-state index in [0.717, 1.165) is 12.1 Å². The van der Waals surface area contributed by atoms with Crippen LogP contribution in [0.3, 0.4) is 0 Å². The molecule has 0 fully saturated rings. The fourth-order valence-electron chi connectivity index (χ4n) is 1.29. The van der Waals surface area contributed by atoms with Gasteiger partial charge in [-0.15, -0.1) is 0 Å². The standard InChI is InChI=1S/C12H16F3NO/c1-11(2,17)7-8-16-10-5-3-9(4-6-10)12(13,14)15/h3-6,16-17H,7-8H2,1-2H3. The highest BCUT2D eigenvalue weighted by Crippen LogP contribution is 2.29. The zero-order chi connectivity index (χ0) is 13.1. The van der Waals surface area contributed by atoms with Gasteiger partial charge in [0.2, 0.25) is 0 Å². The number of halogens is 3. The van der Waals surface area contributed by atoms with Crippen molar-refractivity contribution in [1.29, 1.82) is 0 Å². The molecule has 0 saturated carbocycles. The minimum Gasteiger partial charge on any atom is -0.390 e. The zero-order valence-corrected chi connectivity index (χ0v) is 9.80. The van der Waals surface area contributed by atoms with E-state index < -0.39 is 17.3 Å². The normalized spacial score (nSPS) is 12.6. The third-order valence-corrected chi connectivity index (χ3v) is 2.28. The van der Waals surface area contributed by atoms with Crippen LogP contribution in [0.25, 0.3) is 0 Å². The summed E-state index contributed by atoms with van der Waals surface area (Å²) in [4.78, 5) is 0. The van der Waals surface area contributed by atoms with Gasteiger partial charge < -0.3 is 10.4 Å². The van der Waals surface area contributed by atoms with Gasteiger partial charge in [-0.2, -0.15) is 13.2 Å². The van der Waals surface area contributed by atoms with Crippen LogP contribution in [0.5, 0.6) is 0 Å². The monoisotopic (exact) mass is 247 g/mol. The molecule has 0 heterocycles. The second-order valence-electron chi connectivity index (χ2n) is 4.56. The first-order valence-corrected chi connectivity index (χ1v) is 5.32. The van der Waals surface area contributed by atoms with E-state index in [1.54, 1.807) is 13.8 Å². The summed E-state index contributed by atoms with van der Waals surface area (Å²) in [5.41, 5.74) is -0.827. The lowest BCUT2D eigenvalue weighted by Gasteiger charge is -2.17. The first-order valence-electron chi connectivity index (χ1n) is 5.32. The van der Waals surface area contributed by atoms with Gasteiger partial charge in [0, 0.05) is 12.2 Å². The minimum atomic E-state index is -4.30. The van der Waals surface area contributed by atoms with Crippen molar-refractivity contribution in [3.63, 3.8) is 0 Å². The molecule has 96 valence electrons. The molecule has 0 aliphatic heterocycles. The lowest BCUT2D eigenvalue weighted by atomic mass is 10.1. The van der Waals surface area contributed by atoms with Crippen LogP contribution in [0.4, 0.5) is 18.9 Å². The molecule has 0 aliphatic rings. The molecule has 0 spiro atoms. The molecule has 0 unspecified atom stereocenters. The summed E-state index contributed by atoms with van der Waals surface area (Å²) in [6.45, 7) is 3.87. The molecule has 0 radical (unpaired) electrons. The van der Waals surface area contributed by atoms with E-state index in [1.165, 1.54) is 12.1 Å². The number of alkyl halides is 3. The Morgan fingerprint density at radius 3 is 2.06 bits per heavy atom. The Kier molecular flexibility index (Phi) is 4.03. The fourth-order valence-corrected chi connectivity index (χ4v) is 1.29. The number of nitrogens with one attached hydrogen (secondary N) is 1. The molecule has 0 aromatic heterocycles. The molecule has 0 aliphatic carbocycles. The quantitative estimate of drug-likeness (QED) is 0.855. The van der Waals surface area contributed by atoms with E-state index in [0.29, 0.717) is 18.7 Å². The molecule has 17 heavy (non-hydrogen) atoms. The van der Waals surface area contributed by atoms with Gasteiger partial charge in [-0.3, -0.25) is 0 Å². The predicted molar refractivity (Wildman–Crippen MR) is 60.8 cm³/mol. The number of benzene rings is 1. The SMILES string of the molecule is CC(C)(O)CCNc1ccc(C(F)(F)F)cc1. The highest BCUT2D eigenvalue weighted by Gasteiger charge is 2.29. The Bertz CT molecular complexity index is 351. The van der Waals surface area contributed by atoms with Gasteiger partial charge in [-0.05, 0) is 44.5 Å². The first-order chi connectivity index (χ1) is 7.68. The van der Waals surface area contributed by atoms with Crippen molar-refractivity contribution in [2.75, 3.05) is 11.9 Å². The topological polar surface area (TPSA) is 32.3 Å². The summed E-state index contributed by atoms with van der Waals surface area (Å²) >= 11 is 0. The Balaban J connectivity index is 2.52. The van der Waals surface area contributed by atoms with Crippen LogP contribution in [0.15, 0.2) is 24.3 Å². The fraction of sp³-hybridized carbons (Fsp3) is 0.500.